The van der Waals surface area contributed by atoms with Crippen molar-refractivity contribution in [3.8, 4) is 5.75 Å². The van der Waals surface area contributed by atoms with Crippen LogP contribution in [0.1, 0.15) is 25.5 Å². The first kappa shape index (κ1) is 14.5. The van der Waals surface area contributed by atoms with Gasteiger partial charge in [-0.15, -0.1) is 0 Å². The minimum absolute atomic E-state index is 0.262. The number of benzene rings is 1. The number of anilines is 3. The van der Waals surface area contributed by atoms with Crippen LogP contribution in [0.5, 0.6) is 5.75 Å². The second-order valence-electron chi connectivity index (χ2n) is 4.90. The van der Waals surface area contributed by atoms with Crippen molar-refractivity contribution >= 4 is 28.8 Å². The van der Waals surface area contributed by atoms with Crippen molar-refractivity contribution in [3.63, 3.8) is 0 Å². The number of methoxy groups -OCH3 is 1. The topological polar surface area (TPSA) is 65.1 Å². The number of nitrogens with one attached hydrogen (secondary N) is 1. The fraction of sp³-hybridized carbons (Fsp3) is 0.357. The highest BCUT2D eigenvalue weighted by Gasteiger charge is 2.17. The van der Waals surface area contributed by atoms with Gasteiger partial charge in [-0.05, 0) is 24.1 Å². The second-order valence-corrected chi connectivity index (χ2v) is 5.33. The Morgan fingerprint density at radius 1 is 1.40 bits per heavy atom. The van der Waals surface area contributed by atoms with E-state index in [0.29, 0.717) is 16.5 Å². The number of nitrogen functional groups attached to an aromatic ring is 1. The number of halogens is 1. The Kier molecular flexibility index (Phi) is 4.09. The maximum Gasteiger partial charge on any atom is 0.152 e. The van der Waals surface area contributed by atoms with E-state index in [1.807, 2.05) is 7.05 Å². The van der Waals surface area contributed by atoms with Crippen molar-refractivity contribution in [1.82, 2.24) is 9.78 Å². The van der Waals surface area contributed by atoms with E-state index in [2.05, 4.69) is 24.3 Å². The van der Waals surface area contributed by atoms with Gasteiger partial charge in [-0.2, -0.15) is 5.10 Å². The molecule has 0 aliphatic heterocycles. The van der Waals surface area contributed by atoms with E-state index in [0.717, 1.165) is 17.2 Å². The van der Waals surface area contributed by atoms with Crippen molar-refractivity contribution < 1.29 is 4.74 Å². The summed E-state index contributed by atoms with van der Waals surface area (Å²) in [6, 6.07) is 5.38. The zero-order chi connectivity index (χ0) is 14.9. The molecule has 1 aromatic carbocycles. The molecule has 2 rings (SSSR count). The van der Waals surface area contributed by atoms with Crippen LogP contribution in [0, 0.1) is 0 Å². The molecule has 1 heterocycles. The predicted octanol–water partition coefficient (Wildman–Crippen LogP) is 3.53. The number of hydrogen-bond acceptors (Lipinski definition) is 4. The molecule has 0 amide bonds. The standard InChI is InChI=1S/C14H19ClN4O/c1-8(2)13-12(16)14(19(3)18-13)17-10-7-9(15)5-6-11(10)20-4/h5-8,17H,16H2,1-4H3. The highest BCUT2D eigenvalue weighted by atomic mass is 35.5. The van der Waals surface area contributed by atoms with Gasteiger partial charge in [0, 0.05) is 12.1 Å². The summed E-state index contributed by atoms with van der Waals surface area (Å²) in [5.74, 6) is 1.69. The summed E-state index contributed by atoms with van der Waals surface area (Å²) in [7, 11) is 3.46. The Morgan fingerprint density at radius 2 is 2.10 bits per heavy atom. The third-order valence-electron chi connectivity index (χ3n) is 3.07. The van der Waals surface area contributed by atoms with E-state index >= 15 is 0 Å². The van der Waals surface area contributed by atoms with E-state index < -0.39 is 0 Å². The third-order valence-corrected chi connectivity index (χ3v) is 3.31. The number of hydrogen-bond donors (Lipinski definition) is 2. The lowest BCUT2D eigenvalue weighted by molar-refractivity contribution is 0.417. The summed E-state index contributed by atoms with van der Waals surface area (Å²) in [5.41, 5.74) is 8.43. The zero-order valence-electron chi connectivity index (χ0n) is 12.1. The van der Waals surface area contributed by atoms with E-state index in [9.17, 15) is 0 Å². The van der Waals surface area contributed by atoms with E-state index in [1.54, 1.807) is 30.0 Å². The van der Waals surface area contributed by atoms with Gasteiger partial charge in [0.25, 0.3) is 0 Å². The second kappa shape index (κ2) is 5.63. The smallest absolute Gasteiger partial charge is 0.152 e. The quantitative estimate of drug-likeness (QED) is 0.905. The minimum atomic E-state index is 0.262. The van der Waals surface area contributed by atoms with E-state index in [-0.39, 0.29) is 5.92 Å². The van der Waals surface area contributed by atoms with Crippen LogP contribution >= 0.6 is 11.6 Å². The van der Waals surface area contributed by atoms with Gasteiger partial charge in [-0.3, -0.25) is 4.68 Å². The first-order chi connectivity index (χ1) is 9.43. The van der Waals surface area contributed by atoms with Crippen molar-refractivity contribution in [2.75, 3.05) is 18.2 Å². The van der Waals surface area contributed by atoms with Crippen LogP contribution in [-0.2, 0) is 7.05 Å². The van der Waals surface area contributed by atoms with E-state index in [1.165, 1.54) is 0 Å². The van der Waals surface area contributed by atoms with Crippen molar-refractivity contribution in [2.45, 2.75) is 19.8 Å². The van der Waals surface area contributed by atoms with Crippen molar-refractivity contribution in [2.24, 2.45) is 7.05 Å². The first-order valence-electron chi connectivity index (χ1n) is 6.37. The van der Waals surface area contributed by atoms with Gasteiger partial charge in [0.05, 0.1) is 24.2 Å². The zero-order valence-corrected chi connectivity index (χ0v) is 12.8. The van der Waals surface area contributed by atoms with Gasteiger partial charge < -0.3 is 15.8 Å². The monoisotopic (exact) mass is 294 g/mol. The highest BCUT2D eigenvalue weighted by Crippen LogP contribution is 2.34. The fourth-order valence-corrected chi connectivity index (χ4v) is 2.21. The summed E-state index contributed by atoms with van der Waals surface area (Å²) in [6.07, 6.45) is 0. The molecule has 0 radical (unpaired) electrons. The summed E-state index contributed by atoms with van der Waals surface area (Å²) in [4.78, 5) is 0. The largest absolute Gasteiger partial charge is 0.495 e. The van der Waals surface area contributed by atoms with Gasteiger partial charge in [0.2, 0.25) is 0 Å². The lowest BCUT2D eigenvalue weighted by Gasteiger charge is -2.12. The number of rotatable bonds is 4. The summed E-state index contributed by atoms with van der Waals surface area (Å²) in [6.45, 7) is 4.12. The van der Waals surface area contributed by atoms with Crippen LogP contribution in [0.4, 0.5) is 17.2 Å². The van der Waals surface area contributed by atoms with Gasteiger partial charge in [0.15, 0.2) is 5.82 Å². The predicted molar refractivity (Wildman–Crippen MR) is 83.0 cm³/mol. The molecule has 2 aromatic rings. The molecule has 5 nitrogen and oxygen atoms in total. The molecule has 0 aliphatic carbocycles. The molecule has 6 heteroatoms. The van der Waals surface area contributed by atoms with Gasteiger partial charge in [-0.1, -0.05) is 25.4 Å². The lowest BCUT2D eigenvalue weighted by Crippen LogP contribution is -2.02. The summed E-state index contributed by atoms with van der Waals surface area (Å²) >= 11 is 6.03. The summed E-state index contributed by atoms with van der Waals surface area (Å²) in [5, 5.41) is 8.30. The molecule has 0 saturated carbocycles. The first-order valence-corrected chi connectivity index (χ1v) is 6.74. The molecule has 0 spiro atoms. The Hall–Kier alpha value is -1.88. The van der Waals surface area contributed by atoms with Crippen LogP contribution in [-0.4, -0.2) is 16.9 Å². The Balaban J connectivity index is 2.42. The molecule has 0 bridgehead atoms. The fourth-order valence-electron chi connectivity index (χ4n) is 2.04. The Labute approximate surface area is 123 Å². The van der Waals surface area contributed by atoms with Crippen molar-refractivity contribution in [1.29, 1.82) is 0 Å². The molecule has 3 N–H and O–H groups in total. The van der Waals surface area contributed by atoms with E-state index in [4.69, 9.17) is 22.1 Å². The highest BCUT2D eigenvalue weighted by molar-refractivity contribution is 6.31. The average Bonchev–Trinajstić information content (AvgIpc) is 2.67. The average molecular weight is 295 g/mol. The van der Waals surface area contributed by atoms with Crippen LogP contribution in [0.2, 0.25) is 5.02 Å². The number of aryl methyl sites for hydroxylation is 1. The van der Waals surface area contributed by atoms with Crippen LogP contribution in [0.15, 0.2) is 18.2 Å². The Morgan fingerprint density at radius 3 is 2.65 bits per heavy atom. The van der Waals surface area contributed by atoms with Crippen LogP contribution in [0.3, 0.4) is 0 Å². The normalized spacial score (nSPS) is 10.9. The molecular weight excluding hydrogens is 276 g/mol. The van der Waals surface area contributed by atoms with Crippen LogP contribution < -0.4 is 15.8 Å². The summed E-state index contributed by atoms with van der Waals surface area (Å²) < 4.78 is 7.04. The molecule has 0 unspecified atom stereocenters. The SMILES string of the molecule is COc1ccc(Cl)cc1Nc1c(N)c(C(C)C)nn1C. The number of aromatic nitrogens is 2. The maximum atomic E-state index is 6.16. The molecule has 0 saturated heterocycles. The van der Waals surface area contributed by atoms with Crippen molar-refractivity contribution in [3.05, 3.63) is 28.9 Å². The third kappa shape index (κ3) is 2.67. The number of nitrogens with zero attached hydrogens (tertiary/aromatic N) is 2. The molecule has 108 valence electrons. The minimum Gasteiger partial charge on any atom is -0.495 e. The van der Waals surface area contributed by atoms with Crippen LogP contribution in [0.25, 0.3) is 0 Å². The van der Waals surface area contributed by atoms with Gasteiger partial charge in [0.1, 0.15) is 5.75 Å². The van der Waals surface area contributed by atoms with Gasteiger partial charge >= 0.3 is 0 Å². The lowest BCUT2D eigenvalue weighted by atomic mass is 10.1. The molecule has 0 aliphatic rings. The number of ether oxygens (including phenoxy) is 1. The number of nitrogens with two attached hydrogens (primary N) is 1. The molecule has 0 fully saturated rings. The molecule has 0 atom stereocenters. The maximum absolute atomic E-state index is 6.16. The molecule has 1 aromatic heterocycles. The van der Waals surface area contributed by atoms with Gasteiger partial charge in [-0.25, -0.2) is 0 Å². The molecule has 20 heavy (non-hydrogen) atoms. The Bertz CT molecular complexity index is 622. The molecular formula is C14H19ClN4O.